The molecule has 1 aromatic heterocycles. The molecule has 5 heteroatoms. The lowest BCUT2D eigenvalue weighted by atomic mass is 10.4. The Balaban J connectivity index is 2.73. The summed E-state index contributed by atoms with van der Waals surface area (Å²) in [7, 11) is 0. The quantitative estimate of drug-likeness (QED) is 0.738. The molecule has 0 bridgehead atoms. The minimum absolute atomic E-state index is 0.245. The highest BCUT2D eigenvalue weighted by atomic mass is 16.2. The molecule has 0 fully saturated rings. The first-order chi connectivity index (χ1) is 7.19. The fraction of sp³-hybridized carbons (Fsp3) is 0.600. The van der Waals surface area contributed by atoms with Crippen LogP contribution in [0.3, 0.4) is 0 Å². The van der Waals surface area contributed by atoms with Gasteiger partial charge in [-0.2, -0.15) is 0 Å². The van der Waals surface area contributed by atoms with Gasteiger partial charge in [-0.15, -0.1) is 0 Å². The van der Waals surface area contributed by atoms with Crippen LogP contribution in [0.1, 0.15) is 13.8 Å². The van der Waals surface area contributed by atoms with Crippen molar-refractivity contribution < 1.29 is 0 Å². The van der Waals surface area contributed by atoms with Crippen molar-refractivity contribution in [2.24, 2.45) is 0 Å². The molecule has 1 heterocycles. The Labute approximate surface area is 88.4 Å². The maximum atomic E-state index is 11.4. The van der Waals surface area contributed by atoms with Crippen LogP contribution >= 0.6 is 0 Å². The Kier molecular flexibility index (Phi) is 4.30. The van der Waals surface area contributed by atoms with E-state index in [1.807, 2.05) is 0 Å². The maximum absolute atomic E-state index is 11.4. The van der Waals surface area contributed by atoms with Crippen molar-refractivity contribution in [3.05, 3.63) is 33.1 Å². The van der Waals surface area contributed by atoms with Gasteiger partial charge in [-0.1, -0.05) is 13.8 Å². The summed E-state index contributed by atoms with van der Waals surface area (Å²) in [6.45, 7) is 7.13. The van der Waals surface area contributed by atoms with Crippen molar-refractivity contribution in [3.63, 3.8) is 0 Å². The molecule has 15 heavy (non-hydrogen) atoms. The molecule has 1 rings (SSSR count). The van der Waals surface area contributed by atoms with Gasteiger partial charge in [0, 0.05) is 25.4 Å². The molecular formula is C10H17N3O2. The molecule has 0 radical (unpaired) electrons. The van der Waals surface area contributed by atoms with Gasteiger partial charge in [0.05, 0.1) is 0 Å². The van der Waals surface area contributed by atoms with E-state index < -0.39 is 0 Å². The van der Waals surface area contributed by atoms with Crippen molar-refractivity contribution in [1.29, 1.82) is 0 Å². The minimum atomic E-state index is -0.338. The van der Waals surface area contributed by atoms with Crippen LogP contribution in [0.5, 0.6) is 0 Å². The summed E-state index contributed by atoms with van der Waals surface area (Å²) in [4.78, 5) is 27.3. The topological polar surface area (TPSA) is 58.1 Å². The second-order valence-electron chi connectivity index (χ2n) is 3.30. The molecule has 84 valence electrons. The third kappa shape index (κ3) is 3.06. The Morgan fingerprint density at radius 3 is 2.53 bits per heavy atom. The van der Waals surface area contributed by atoms with Gasteiger partial charge in [0.1, 0.15) is 0 Å². The predicted octanol–water partition coefficient (Wildman–Crippen LogP) is -0.122. The molecule has 0 amide bonds. The summed E-state index contributed by atoms with van der Waals surface area (Å²) >= 11 is 0. The van der Waals surface area contributed by atoms with E-state index in [-0.39, 0.29) is 11.2 Å². The monoisotopic (exact) mass is 211 g/mol. The fourth-order valence-electron chi connectivity index (χ4n) is 1.45. The normalized spacial score (nSPS) is 10.9. The first kappa shape index (κ1) is 11.7. The van der Waals surface area contributed by atoms with E-state index >= 15 is 0 Å². The molecule has 0 aliphatic carbocycles. The van der Waals surface area contributed by atoms with Gasteiger partial charge in [-0.25, -0.2) is 4.79 Å². The van der Waals surface area contributed by atoms with E-state index in [1.54, 1.807) is 0 Å². The van der Waals surface area contributed by atoms with E-state index in [9.17, 15) is 9.59 Å². The van der Waals surface area contributed by atoms with Crippen LogP contribution in [-0.2, 0) is 6.54 Å². The molecule has 0 atom stereocenters. The average molecular weight is 211 g/mol. The van der Waals surface area contributed by atoms with Gasteiger partial charge in [0.2, 0.25) is 0 Å². The van der Waals surface area contributed by atoms with Crippen molar-refractivity contribution in [2.45, 2.75) is 20.4 Å². The Hall–Kier alpha value is -1.36. The van der Waals surface area contributed by atoms with E-state index in [0.717, 1.165) is 19.6 Å². The van der Waals surface area contributed by atoms with E-state index in [4.69, 9.17) is 0 Å². The lowest BCUT2D eigenvalue weighted by Gasteiger charge is -2.17. The summed E-state index contributed by atoms with van der Waals surface area (Å²) in [5, 5.41) is 0. The Bertz CT molecular complexity index is 375. The largest absolute Gasteiger partial charge is 0.328 e. The minimum Gasteiger partial charge on any atom is -0.314 e. The number of H-pyrrole nitrogens is 1. The number of nitrogens with one attached hydrogen (secondary N) is 1. The molecule has 0 spiro atoms. The Morgan fingerprint density at radius 2 is 2.00 bits per heavy atom. The summed E-state index contributed by atoms with van der Waals surface area (Å²) in [6, 6.07) is 1.36. The van der Waals surface area contributed by atoms with Crippen molar-refractivity contribution in [2.75, 3.05) is 19.6 Å². The van der Waals surface area contributed by atoms with Crippen LogP contribution in [0, 0.1) is 0 Å². The van der Waals surface area contributed by atoms with Crippen LogP contribution in [0.15, 0.2) is 21.9 Å². The van der Waals surface area contributed by atoms with Crippen LogP contribution < -0.4 is 11.2 Å². The van der Waals surface area contributed by atoms with Crippen molar-refractivity contribution in [3.8, 4) is 0 Å². The van der Waals surface area contributed by atoms with E-state index in [1.165, 1.54) is 16.8 Å². The smallest absolute Gasteiger partial charge is 0.314 e. The number of likely N-dealkylation sites (N-methyl/N-ethyl adjacent to an activating group) is 1. The van der Waals surface area contributed by atoms with Gasteiger partial charge in [-0.3, -0.25) is 9.36 Å². The maximum Gasteiger partial charge on any atom is 0.328 e. The highest BCUT2D eigenvalue weighted by Gasteiger charge is 2.02. The molecule has 0 aliphatic rings. The first-order valence-corrected chi connectivity index (χ1v) is 5.20. The van der Waals surface area contributed by atoms with Gasteiger partial charge in [0.25, 0.3) is 5.56 Å². The zero-order chi connectivity index (χ0) is 11.3. The van der Waals surface area contributed by atoms with Crippen LogP contribution in [0.25, 0.3) is 0 Å². The lowest BCUT2D eigenvalue weighted by molar-refractivity contribution is 0.287. The number of hydrogen-bond donors (Lipinski definition) is 1. The van der Waals surface area contributed by atoms with Crippen molar-refractivity contribution >= 4 is 0 Å². The van der Waals surface area contributed by atoms with Gasteiger partial charge >= 0.3 is 5.69 Å². The molecule has 1 N–H and O–H groups in total. The molecule has 0 unspecified atom stereocenters. The highest BCUT2D eigenvalue weighted by Crippen LogP contribution is 1.86. The summed E-state index contributed by atoms with van der Waals surface area (Å²) in [6.07, 6.45) is 1.37. The molecule has 1 aromatic rings. The standard InChI is InChI=1S/C10H17N3O2/c1-3-12(4-2)7-8-13-9(14)5-6-11-10(13)15/h5-6H,3-4,7-8H2,1-2H3,(H,11,15). The number of hydrogen-bond acceptors (Lipinski definition) is 3. The third-order valence-corrected chi connectivity index (χ3v) is 2.48. The number of aromatic amines is 1. The van der Waals surface area contributed by atoms with E-state index in [0.29, 0.717) is 6.54 Å². The highest BCUT2D eigenvalue weighted by molar-refractivity contribution is 4.82. The number of aromatic nitrogens is 2. The van der Waals surface area contributed by atoms with E-state index in [2.05, 4.69) is 23.7 Å². The first-order valence-electron chi connectivity index (χ1n) is 5.20. The van der Waals surface area contributed by atoms with Gasteiger partial charge < -0.3 is 9.88 Å². The molecule has 0 saturated carbocycles. The molecule has 0 saturated heterocycles. The third-order valence-electron chi connectivity index (χ3n) is 2.48. The van der Waals surface area contributed by atoms with Gasteiger partial charge in [0.15, 0.2) is 0 Å². The van der Waals surface area contributed by atoms with Gasteiger partial charge in [-0.05, 0) is 13.1 Å². The van der Waals surface area contributed by atoms with Crippen molar-refractivity contribution in [1.82, 2.24) is 14.5 Å². The summed E-state index contributed by atoms with van der Waals surface area (Å²) < 4.78 is 1.22. The summed E-state index contributed by atoms with van der Waals surface area (Å²) in [5.74, 6) is 0. The molecule has 0 aromatic carbocycles. The van der Waals surface area contributed by atoms with Crippen LogP contribution in [-0.4, -0.2) is 34.1 Å². The molecule has 0 aliphatic heterocycles. The zero-order valence-electron chi connectivity index (χ0n) is 9.19. The average Bonchev–Trinajstić information content (AvgIpc) is 2.23. The second kappa shape index (κ2) is 5.50. The molecule has 5 nitrogen and oxygen atoms in total. The number of rotatable bonds is 5. The fourth-order valence-corrected chi connectivity index (χ4v) is 1.45. The SMILES string of the molecule is CCN(CC)CCn1c(=O)cc[nH]c1=O. The Morgan fingerprint density at radius 1 is 1.33 bits per heavy atom. The number of nitrogens with zero attached hydrogens (tertiary/aromatic N) is 2. The lowest BCUT2D eigenvalue weighted by Crippen LogP contribution is -2.38. The predicted molar refractivity (Wildman–Crippen MR) is 59.1 cm³/mol. The summed E-state index contributed by atoms with van der Waals surface area (Å²) in [5.41, 5.74) is -0.583. The second-order valence-corrected chi connectivity index (χ2v) is 3.30. The molecular weight excluding hydrogens is 194 g/mol. The van der Waals surface area contributed by atoms with Crippen LogP contribution in [0.2, 0.25) is 0 Å². The zero-order valence-corrected chi connectivity index (χ0v) is 9.19. The van der Waals surface area contributed by atoms with Crippen LogP contribution in [0.4, 0.5) is 0 Å².